The molecular formula is C21H32N4O5S. The number of nitrogens with one attached hydrogen (secondary N) is 1. The Labute approximate surface area is 184 Å². The minimum Gasteiger partial charge on any atom is -0.379 e. The van der Waals surface area contributed by atoms with Gasteiger partial charge >= 0.3 is 0 Å². The number of anilines is 1. The summed E-state index contributed by atoms with van der Waals surface area (Å²) in [5.41, 5.74) is 0.604. The molecule has 0 radical (unpaired) electrons. The van der Waals surface area contributed by atoms with E-state index in [2.05, 4.69) is 10.2 Å². The van der Waals surface area contributed by atoms with Crippen LogP contribution in [0.15, 0.2) is 29.2 Å². The Morgan fingerprint density at radius 1 is 1.16 bits per heavy atom. The Hall–Kier alpha value is -2.01. The van der Waals surface area contributed by atoms with Crippen LogP contribution in [0.1, 0.15) is 20.3 Å². The number of amides is 2. The van der Waals surface area contributed by atoms with Gasteiger partial charge < -0.3 is 15.0 Å². The van der Waals surface area contributed by atoms with Gasteiger partial charge in [0, 0.05) is 57.9 Å². The summed E-state index contributed by atoms with van der Waals surface area (Å²) in [7, 11) is -3.54. The molecule has 2 aliphatic heterocycles. The normalized spacial score (nSPS) is 20.4. The Morgan fingerprint density at radius 3 is 2.42 bits per heavy atom. The van der Waals surface area contributed by atoms with Crippen molar-refractivity contribution in [2.24, 2.45) is 5.92 Å². The Bertz CT molecular complexity index is 864. The predicted octanol–water partition coefficient (Wildman–Crippen LogP) is 0.518. The highest BCUT2D eigenvalue weighted by molar-refractivity contribution is 7.89. The molecular weight excluding hydrogens is 420 g/mol. The van der Waals surface area contributed by atoms with Crippen molar-refractivity contribution < 1.29 is 22.7 Å². The third kappa shape index (κ3) is 5.62. The fourth-order valence-electron chi connectivity index (χ4n) is 3.95. The van der Waals surface area contributed by atoms with Crippen LogP contribution < -0.4 is 10.2 Å². The lowest BCUT2D eigenvalue weighted by atomic mass is 10.1. The molecule has 172 valence electrons. The average molecular weight is 453 g/mol. The molecule has 0 aromatic heterocycles. The zero-order valence-corrected chi connectivity index (χ0v) is 19.1. The zero-order valence-electron chi connectivity index (χ0n) is 18.2. The molecule has 2 saturated heterocycles. The standard InChI is InChI=1S/C21H32N4O5S/c1-3-24(4-2)31(28,29)19-7-5-18(6-8-19)25-16-17(15-20(25)26)21(27)22-9-10-23-11-13-30-14-12-23/h5-8,17H,3-4,9-16H2,1-2H3,(H,22,27). The number of hydrogen-bond donors (Lipinski definition) is 1. The van der Waals surface area contributed by atoms with Crippen LogP contribution in [0.3, 0.4) is 0 Å². The number of ether oxygens (including phenoxy) is 1. The fraction of sp³-hybridized carbons (Fsp3) is 0.619. The van der Waals surface area contributed by atoms with Gasteiger partial charge in [0.25, 0.3) is 0 Å². The molecule has 0 aliphatic carbocycles. The Balaban J connectivity index is 1.56. The number of nitrogens with zero attached hydrogens (tertiary/aromatic N) is 3. The molecule has 3 rings (SSSR count). The number of sulfonamides is 1. The van der Waals surface area contributed by atoms with E-state index < -0.39 is 15.9 Å². The minimum absolute atomic E-state index is 0.121. The first-order chi connectivity index (χ1) is 14.9. The third-order valence-electron chi connectivity index (χ3n) is 5.82. The lowest BCUT2D eigenvalue weighted by Gasteiger charge is -2.26. The first-order valence-corrected chi connectivity index (χ1v) is 12.3. The molecule has 2 amide bonds. The van der Waals surface area contributed by atoms with E-state index in [1.807, 2.05) is 0 Å². The van der Waals surface area contributed by atoms with Gasteiger partial charge in [-0.3, -0.25) is 14.5 Å². The highest BCUT2D eigenvalue weighted by Gasteiger charge is 2.35. The second-order valence-electron chi connectivity index (χ2n) is 7.73. The molecule has 1 aromatic rings. The number of benzene rings is 1. The number of rotatable bonds is 9. The van der Waals surface area contributed by atoms with Gasteiger partial charge in [-0.2, -0.15) is 4.31 Å². The van der Waals surface area contributed by atoms with Gasteiger partial charge in [0.15, 0.2) is 0 Å². The topological polar surface area (TPSA) is 99.3 Å². The van der Waals surface area contributed by atoms with E-state index in [9.17, 15) is 18.0 Å². The van der Waals surface area contributed by atoms with Crippen LogP contribution in [0.5, 0.6) is 0 Å². The maximum atomic E-state index is 12.6. The third-order valence-corrected chi connectivity index (χ3v) is 7.88. The SMILES string of the molecule is CCN(CC)S(=O)(=O)c1ccc(N2CC(C(=O)NCCN3CCOCC3)CC2=O)cc1. The van der Waals surface area contributed by atoms with Crippen molar-refractivity contribution in [2.45, 2.75) is 25.2 Å². The maximum absolute atomic E-state index is 12.6. The number of carbonyl (C=O) groups is 2. The highest BCUT2D eigenvalue weighted by atomic mass is 32.2. The molecule has 0 saturated carbocycles. The van der Waals surface area contributed by atoms with Crippen molar-refractivity contribution in [3.05, 3.63) is 24.3 Å². The van der Waals surface area contributed by atoms with Crippen LogP contribution in [0, 0.1) is 5.92 Å². The zero-order chi connectivity index (χ0) is 22.4. The Morgan fingerprint density at radius 2 is 1.81 bits per heavy atom. The van der Waals surface area contributed by atoms with Crippen LogP contribution in [0.25, 0.3) is 0 Å². The molecule has 10 heteroatoms. The van der Waals surface area contributed by atoms with Crippen molar-refractivity contribution in [1.82, 2.24) is 14.5 Å². The summed E-state index contributed by atoms with van der Waals surface area (Å²) in [5, 5.41) is 2.93. The van der Waals surface area contributed by atoms with E-state index in [-0.39, 0.29) is 23.1 Å². The quantitative estimate of drug-likeness (QED) is 0.587. The van der Waals surface area contributed by atoms with Gasteiger partial charge in [-0.1, -0.05) is 13.8 Å². The molecule has 1 unspecified atom stereocenters. The van der Waals surface area contributed by atoms with Crippen LogP contribution in [0.2, 0.25) is 0 Å². The second-order valence-corrected chi connectivity index (χ2v) is 9.67. The monoisotopic (exact) mass is 452 g/mol. The van der Waals surface area contributed by atoms with Gasteiger partial charge in [-0.25, -0.2) is 8.42 Å². The van der Waals surface area contributed by atoms with E-state index in [0.29, 0.717) is 31.9 Å². The summed E-state index contributed by atoms with van der Waals surface area (Å²) in [6.45, 7) is 9.16. The summed E-state index contributed by atoms with van der Waals surface area (Å²) in [6, 6.07) is 6.30. The molecule has 2 aliphatic rings. The Kier molecular flexibility index (Phi) is 8.04. The summed E-state index contributed by atoms with van der Waals surface area (Å²) in [5.74, 6) is -0.659. The van der Waals surface area contributed by atoms with Crippen LogP contribution in [0.4, 0.5) is 5.69 Å². The fourth-order valence-corrected chi connectivity index (χ4v) is 5.41. The van der Waals surface area contributed by atoms with Crippen molar-refractivity contribution in [3.8, 4) is 0 Å². The van der Waals surface area contributed by atoms with Crippen LogP contribution in [-0.4, -0.2) is 88.5 Å². The van der Waals surface area contributed by atoms with Crippen molar-refractivity contribution in [3.63, 3.8) is 0 Å². The number of carbonyl (C=O) groups excluding carboxylic acids is 2. The first kappa shape index (κ1) is 23.6. The van der Waals surface area contributed by atoms with Crippen LogP contribution >= 0.6 is 0 Å². The highest BCUT2D eigenvalue weighted by Crippen LogP contribution is 2.27. The molecule has 9 nitrogen and oxygen atoms in total. The van der Waals surface area contributed by atoms with Crippen molar-refractivity contribution in [1.29, 1.82) is 0 Å². The van der Waals surface area contributed by atoms with E-state index >= 15 is 0 Å². The summed E-state index contributed by atoms with van der Waals surface area (Å²) < 4.78 is 32.0. The van der Waals surface area contributed by atoms with E-state index in [1.54, 1.807) is 30.9 Å². The molecule has 0 bridgehead atoms. The largest absolute Gasteiger partial charge is 0.379 e. The number of morpholine rings is 1. The van der Waals surface area contributed by atoms with Gasteiger partial charge in [-0.15, -0.1) is 0 Å². The van der Waals surface area contributed by atoms with Gasteiger partial charge in [0.1, 0.15) is 0 Å². The average Bonchev–Trinajstić information content (AvgIpc) is 3.17. The molecule has 1 N–H and O–H groups in total. The smallest absolute Gasteiger partial charge is 0.243 e. The van der Waals surface area contributed by atoms with Crippen LogP contribution in [-0.2, 0) is 24.3 Å². The van der Waals surface area contributed by atoms with Gasteiger partial charge in [0.2, 0.25) is 21.8 Å². The molecule has 1 aromatic carbocycles. The molecule has 2 fully saturated rings. The predicted molar refractivity (Wildman–Crippen MR) is 117 cm³/mol. The lowest BCUT2D eigenvalue weighted by molar-refractivity contribution is -0.126. The van der Waals surface area contributed by atoms with Crippen molar-refractivity contribution in [2.75, 3.05) is 63.9 Å². The second kappa shape index (κ2) is 10.5. The lowest BCUT2D eigenvalue weighted by Crippen LogP contribution is -2.42. The van der Waals surface area contributed by atoms with E-state index in [1.165, 1.54) is 16.4 Å². The van der Waals surface area contributed by atoms with E-state index in [4.69, 9.17) is 4.74 Å². The summed E-state index contributed by atoms with van der Waals surface area (Å²) in [6.07, 6.45) is 0.156. The maximum Gasteiger partial charge on any atom is 0.243 e. The number of hydrogen-bond acceptors (Lipinski definition) is 6. The minimum atomic E-state index is -3.54. The molecule has 31 heavy (non-hydrogen) atoms. The van der Waals surface area contributed by atoms with Gasteiger partial charge in [0.05, 0.1) is 24.0 Å². The molecule has 2 heterocycles. The van der Waals surface area contributed by atoms with Gasteiger partial charge in [-0.05, 0) is 24.3 Å². The van der Waals surface area contributed by atoms with E-state index in [0.717, 1.165) is 32.8 Å². The summed E-state index contributed by atoms with van der Waals surface area (Å²) in [4.78, 5) is 29.0. The summed E-state index contributed by atoms with van der Waals surface area (Å²) >= 11 is 0. The van der Waals surface area contributed by atoms with Crippen molar-refractivity contribution >= 4 is 27.5 Å². The molecule has 0 spiro atoms. The molecule has 1 atom stereocenters. The first-order valence-electron chi connectivity index (χ1n) is 10.8.